The molecule has 21 heavy (non-hydrogen) atoms. The third-order valence-corrected chi connectivity index (χ3v) is 2.77. The zero-order valence-electron chi connectivity index (χ0n) is 11.1. The van der Waals surface area contributed by atoms with Gasteiger partial charge in [0.15, 0.2) is 11.6 Å². The van der Waals surface area contributed by atoms with Gasteiger partial charge in [-0.1, -0.05) is 6.07 Å². The van der Waals surface area contributed by atoms with E-state index >= 15 is 0 Å². The predicted octanol–water partition coefficient (Wildman–Crippen LogP) is 3.12. The summed E-state index contributed by atoms with van der Waals surface area (Å²) in [6.45, 7) is 1.81. The molecule has 2 aromatic carbocycles. The summed E-state index contributed by atoms with van der Waals surface area (Å²) in [6, 6.07) is 8.03. The number of nitrogen functional groups attached to an aromatic ring is 1. The molecule has 0 fully saturated rings. The van der Waals surface area contributed by atoms with Crippen LogP contribution in [0.3, 0.4) is 0 Å². The van der Waals surface area contributed by atoms with E-state index in [0.717, 1.165) is 17.7 Å². The highest BCUT2D eigenvalue weighted by molar-refractivity contribution is 5.97. The smallest absolute Gasteiger partial charge is 0.272 e. The van der Waals surface area contributed by atoms with Gasteiger partial charge in [0, 0.05) is 6.07 Å². The molecule has 0 amide bonds. The average molecular weight is 289 g/mol. The van der Waals surface area contributed by atoms with Gasteiger partial charge in [-0.15, -0.1) is 0 Å². The molecule has 2 aromatic rings. The van der Waals surface area contributed by atoms with Gasteiger partial charge in [0.25, 0.3) is 5.69 Å². The molecule has 0 aromatic heterocycles. The van der Waals surface area contributed by atoms with Crippen molar-refractivity contribution >= 4 is 11.5 Å². The standard InChI is InChI=1S/C14H12FN3O3/c1-8-2-4-10(14(16)17)13(6-8)21-12-5-3-9(18(19)20)7-11(12)15/h2-7H,1H3,(H3,16,17). The van der Waals surface area contributed by atoms with E-state index in [4.69, 9.17) is 15.9 Å². The molecule has 108 valence electrons. The van der Waals surface area contributed by atoms with Crippen LogP contribution in [0.1, 0.15) is 11.1 Å². The molecule has 0 aliphatic carbocycles. The largest absolute Gasteiger partial charge is 0.453 e. The number of hydrogen-bond donors (Lipinski definition) is 2. The summed E-state index contributed by atoms with van der Waals surface area (Å²) in [4.78, 5) is 9.87. The lowest BCUT2D eigenvalue weighted by molar-refractivity contribution is -0.385. The van der Waals surface area contributed by atoms with Crippen molar-refractivity contribution in [1.29, 1.82) is 5.41 Å². The number of nitrogens with zero attached hydrogens (tertiary/aromatic N) is 1. The highest BCUT2D eigenvalue weighted by Gasteiger charge is 2.14. The highest BCUT2D eigenvalue weighted by Crippen LogP contribution is 2.30. The Morgan fingerprint density at radius 1 is 1.29 bits per heavy atom. The van der Waals surface area contributed by atoms with E-state index in [1.165, 1.54) is 6.07 Å². The Morgan fingerprint density at radius 3 is 2.57 bits per heavy atom. The van der Waals surface area contributed by atoms with E-state index in [-0.39, 0.29) is 23.0 Å². The maximum absolute atomic E-state index is 13.8. The molecule has 0 saturated carbocycles. The van der Waals surface area contributed by atoms with E-state index < -0.39 is 10.7 Å². The molecule has 0 atom stereocenters. The molecule has 6 nitrogen and oxygen atoms in total. The summed E-state index contributed by atoms with van der Waals surface area (Å²) >= 11 is 0. The zero-order chi connectivity index (χ0) is 15.6. The Balaban J connectivity index is 2.40. The van der Waals surface area contributed by atoms with Gasteiger partial charge in [0.2, 0.25) is 0 Å². The first-order chi connectivity index (χ1) is 9.88. The number of rotatable bonds is 4. The fourth-order valence-corrected chi connectivity index (χ4v) is 1.74. The van der Waals surface area contributed by atoms with Crippen molar-refractivity contribution in [3.05, 3.63) is 63.5 Å². The number of nitro benzene ring substituents is 1. The lowest BCUT2D eigenvalue weighted by atomic mass is 10.1. The van der Waals surface area contributed by atoms with Crippen molar-refractivity contribution in [2.75, 3.05) is 0 Å². The van der Waals surface area contributed by atoms with Crippen LogP contribution in [0.15, 0.2) is 36.4 Å². The van der Waals surface area contributed by atoms with Gasteiger partial charge < -0.3 is 10.5 Å². The van der Waals surface area contributed by atoms with Gasteiger partial charge in [-0.2, -0.15) is 0 Å². The number of nitrogens with one attached hydrogen (secondary N) is 1. The minimum absolute atomic E-state index is 0.172. The first-order valence-corrected chi connectivity index (χ1v) is 5.95. The van der Waals surface area contributed by atoms with Crippen LogP contribution in [0.5, 0.6) is 11.5 Å². The fraction of sp³-hybridized carbons (Fsp3) is 0.0714. The lowest BCUT2D eigenvalue weighted by Gasteiger charge is -2.11. The number of amidine groups is 1. The van der Waals surface area contributed by atoms with Gasteiger partial charge in [0.1, 0.15) is 11.6 Å². The number of halogens is 1. The van der Waals surface area contributed by atoms with Crippen LogP contribution < -0.4 is 10.5 Å². The minimum Gasteiger partial charge on any atom is -0.453 e. The second kappa shape index (κ2) is 5.58. The van der Waals surface area contributed by atoms with Crippen LogP contribution >= 0.6 is 0 Å². The zero-order valence-corrected chi connectivity index (χ0v) is 11.1. The third kappa shape index (κ3) is 3.14. The first-order valence-electron chi connectivity index (χ1n) is 5.95. The van der Waals surface area contributed by atoms with Crippen molar-refractivity contribution in [2.45, 2.75) is 6.92 Å². The molecule has 0 aliphatic rings. The molecule has 0 heterocycles. The monoisotopic (exact) mass is 289 g/mol. The van der Waals surface area contributed by atoms with Crippen LogP contribution in [0.25, 0.3) is 0 Å². The van der Waals surface area contributed by atoms with E-state index in [9.17, 15) is 14.5 Å². The van der Waals surface area contributed by atoms with Crippen molar-refractivity contribution in [3.8, 4) is 11.5 Å². The van der Waals surface area contributed by atoms with Crippen molar-refractivity contribution in [2.24, 2.45) is 5.73 Å². The normalized spacial score (nSPS) is 10.2. The number of aryl methyl sites for hydroxylation is 1. The molecule has 2 rings (SSSR count). The van der Waals surface area contributed by atoms with E-state index in [1.807, 2.05) is 6.92 Å². The Morgan fingerprint density at radius 2 is 2.00 bits per heavy atom. The summed E-state index contributed by atoms with van der Waals surface area (Å²) in [7, 11) is 0. The number of hydrogen-bond acceptors (Lipinski definition) is 4. The van der Waals surface area contributed by atoms with Crippen molar-refractivity contribution in [3.63, 3.8) is 0 Å². The summed E-state index contributed by atoms with van der Waals surface area (Å²) in [5, 5.41) is 18.0. The number of ether oxygens (including phenoxy) is 1. The van der Waals surface area contributed by atoms with Crippen molar-refractivity contribution in [1.82, 2.24) is 0 Å². The molecular formula is C14H12FN3O3. The van der Waals surface area contributed by atoms with E-state index in [1.54, 1.807) is 18.2 Å². The number of nitro groups is 1. The molecule has 3 N–H and O–H groups in total. The molecule has 7 heteroatoms. The number of benzene rings is 2. The maximum Gasteiger partial charge on any atom is 0.272 e. The summed E-state index contributed by atoms with van der Waals surface area (Å²) in [5.41, 5.74) is 6.24. The maximum atomic E-state index is 13.8. The summed E-state index contributed by atoms with van der Waals surface area (Å²) in [5.74, 6) is -1.03. The summed E-state index contributed by atoms with van der Waals surface area (Å²) in [6.07, 6.45) is 0. The number of nitrogens with two attached hydrogens (primary N) is 1. The van der Waals surface area contributed by atoms with Gasteiger partial charge >= 0.3 is 0 Å². The van der Waals surface area contributed by atoms with Gasteiger partial charge in [0.05, 0.1) is 16.6 Å². The molecule has 0 bridgehead atoms. The fourth-order valence-electron chi connectivity index (χ4n) is 1.74. The molecule has 0 aliphatic heterocycles. The number of non-ortho nitro benzene ring substituents is 1. The second-order valence-corrected chi connectivity index (χ2v) is 4.39. The second-order valence-electron chi connectivity index (χ2n) is 4.39. The van der Waals surface area contributed by atoms with Gasteiger partial charge in [-0.05, 0) is 30.7 Å². The molecule has 0 saturated heterocycles. The van der Waals surface area contributed by atoms with Crippen LogP contribution in [0.2, 0.25) is 0 Å². The Labute approximate surface area is 119 Å². The lowest BCUT2D eigenvalue weighted by Crippen LogP contribution is -2.12. The molecular weight excluding hydrogens is 277 g/mol. The van der Waals surface area contributed by atoms with Crippen molar-refractivity contribution < 1.29 is 14.1 Å². The molecule has 0 radical (unpaired) electrons. The van der Waals surface area contributed by atoms with Gasteiger partial charge in [-0.3, -0.25) is 15.5 Å². The Hall–Kier alpha value is -2.96. The van der Waals surface area contributed by atoms with Crippen LogP contribution in [0.4, 0.5) is 10.1 Å². The minimum atomic E-state index is -0.861. The molecule has 0 spiro atoms. The Kier molecular flexibility index (Phi) is 3.84. The van der Waals surface area contributed by atoms with Crippen LogP contribution in [0, 0.1) is 28.3 Å². The highest BCUT2D eigenvalue weighted by atomic mass is 19.1. The predicted molar refractivity (Wildman–Crippen MR) is 75.3 cm³/mol. The average Bonchev–Trinajstić information content (AvgIpc) is 2.40. The van der Waals surface area contributed by atoms with Crippen LogP contribution in [-0.2, 0) is 0 Å². The molecule has 0 unspecified atom stereocenters. The first kappa shape index (κ1) is 14.4. The quantitative estimate of drug-likeness (QED) is 0.390. The summed E-state index contributed by atoms with van der Waals surface area (Å²) < 4.78 is 19.2. The topological polar surface area (TPSA) is 102 Å². The van der Waals surface area contributed by atoms with Gasteiger partial charge in [-0.25, -0.2) is 4.39 Å². The van der Waals surface area contributed by atoms with E-state index in [2.05, 4.69) is 0 Å². The SMILES string of the molecule is Cc1ccc(C(=N)N)c(Oc2ccc([N+](=O)[O-])cc2F)c1. The third-order valence-electron chi connectivity index (χ3n) is 2.77. The van der Waals surface area contributed by atoms with E-state index in [0.29, 0.717) is 5.56 Å². The van der Waals surface area contributed by atoms with Crippen LogP contribution in [-0.4, -0.2) is 10.8 Å². The Bertz CT molecular complexity index is 731.